The van der Waals surface area contributed by atoms with Gasteiger partial charge in [-0.1, -0.05) is 0 Å². The minimum Gasteiger partial charge on any atom is -0.504 e. The monoisotopic (exact) mass is 335 g/mol. The van der Waals surface area contributed by atoms with Crippen LogP contribution in [0.15, 0.2) is 18.2 Å². The molecule has 1 amide bonds. The Kier molecular flexibility index (Phi) is 6.17. The number of hydrogen-bond donors (Lipinski definition) is 2. The Balaban J connectivity index is 1.76. The Labute approximate surface area is 139 Å². The van der Waals surface area contributed by atoms with Crippen molar-refractivity contribution in [2.75, 3.05) is 13.2 Å². The maximum atomic E-state index is 12.1. The van der Waals surface area contributed by atoms with Crippen molar-refractivity contribution in [1.29, 1.82) is 0 Å². The number of carbonyl (C=O) groups is 3. The number of esters is 1. The topological polar surface area (TPSA) is 102 Å². The van der Waals surface area contributed by atoms with Gasteiger partial charge >= 0.3 is 5.97 Å². The van der Waals surface area contributed by atoms with Crippen molar-refractivity contribution in [2.24, 2.45) is 0 Å². The number of amides is 1. The molecule has 2 N–H and O–H groups in total. The van der Waals surface area contributed by atoms with Crippen molar-refractivity contribution in [3.05, 3.63) is 23.8 Å². The third-order valence-electron chi connectivity index (χ3n) is 3.44. The molecular weight excluding hydrogens is 314 g/mol. The Morgan fingerprint density at radius 3 is 2.67 bits per heavy atom. The Hall–Kier alpha value is -2.57. The lowest BCUT2D eigenvalue weighted by Gasteiger charge is -2.08. The average Bonchev–Trinajstić information content (AvgIpc) is 3.36. The first-order valence-electron chi connectivity index (χ1n) is 7.93. The second-order valence-corrected chi connectivity index (χ2v) is 5.54. The van der Waals surface area contributed by atoms with E-state index in [1.54, 1.807) is 6.92 Å². The Bertz CT molecular complexity index is 624. The third-order valence-corrected chi connectivity index (χ3v) is 3.44. The lowest BCUT2D eigenvalue weighted by atomic mass is 10.1. The van der Waals surface area contributed by atoms with Crippen molar-refractivity contribution in [3.8, 4) is 11.5 Å². The largest absolute Gasteiger partial charge is 0.504 e. The van der Waals surface area contributed by atoms with Crippen LogP contribution in [0, 0.1) is 0 Å². The van der Waals surface area contributed by atoms with Gasteiger partial charge in [0.25, 0.3) is 5.91 Å². The van der Waals surface area contributed by atoms with Crippen molar-refractivity contribution in [2.45, 2.75) is 38.6 Å². The van der Waals surface area contributed by atoms with E-state index in [4.69, 9.17) is 9.47 Å². The zero-order chi connectivity index (χ0) is 17.5. The van der Waals surface area contributed by atoms with Gasteiger partial charge in [-0.2, -0.15) is 0 Å². The summed E-state index contributed by atoms with van der Waals surface area (Å²) in [4.78, 5) is 35.1. The van der Waals surface area contributed by atoms with E-state index in [1.807, 2.05) is 0 Å². The van der Waals surface area contributed by atoms with Crippen molar-refractivity contribution >= 4 is 17.7 Å². The molecule has 130 valence electrons. The maximum Gasteiger partial charge on any atom is 0.306 e. The first kappa shape index (κ1) is 17.8. The van der Waals surface area contributed by atoms with E-state index in [9.17, 15) is 19.5 Å². The van der Waals surface area contributed by atoms with Gasteiger partial charge in [-0.15, -0.1) is 0 Å². The highest BCUT2D eigenvalue weighted by atomic mass is 16.5. The second-order valence-electron chi connectivity index (χ2n) is 5.54. The van der Waals surface area contributed by atoms with Crippen LogP contribution in [0.1, 0.15) is 43.0 Å². The number of Topliss-reactive ketones (excluding diaryl/α,β-unsaturated/α-hetero) is 1. The van der Waals surface area contributed by atoms with Crippen LogP contribution < -0.4 is 10.1 Å². The quantitative estimate of drug-likeness (QED) is 0.525. The van der Waals surface area contributed by atoms with E-state index in [0.717, 1.165) is 12.8 Å². The molecule has 0 saturated heterocycles. The van der Waals surface area contributed by atoms with E-state index >= 15 is 0 Å². The average molecular weight is 335 g/mol. The third kappa shape index (κ3) is 5.57. The van der Waals surface area contributed by atoms with Gasteiger partial charge in [0.2, 0.25) is 0 Å². The maximum absolute atomic E-state index is 12.1. The smallest absolute Gasteiger partial charge is 0.306 e. The van der Waals surface area contributed by atoms with Crippen LogP contribution in [0.5, 0.6) is 11.5 Å². The number of phenolic OH excluding ortho intramolecular Hbond substituents is 1. The summed E-state index contributed by atoms with van der Waals surface area (Å²) in [5.41, 5.74) is 0.343. The lowest BCUT2D eigenvalue weighted by molar-refractivity contribution is -0.148. The summed E-state index contributed by atoms with van der Waals surface area (Å²) in [6.45, 7) is 1.81. The SMILES string of the molecule is CCOc1cc(C(=O)CCC(=O)OCC(=O)NC2CC2)ccc1O. The molecule has 1 fully saturated rings. The summed E-state index contributed by atoms with van der Waals surface area (Å²) in [6.07, 6.45) is 1.77. The Morgan fingerprint density at radius 2 is 2.00 bits per heavy atom. The number of benzene rings is 1. The first-order valence-corrected chi connectivity index (χ1v) is 7.93. The van der Waals surface area contributed by atoms with E-state index in [0.29, 0.717) is 12.2 Å². The fourth-order valence-electron chi connectivity index (χ4n) is 2.03. The molecule has 1 saturated carbocycles. The minimum absolute atomic E-state index is 0.0422. The van der Waals surface area contributed by atoms with Gasteiger partial charge in [-0.25, -0.2) is 0 Å². The van der Waals surface area contributed by atoms with E-state index in [2.05, 4.69) is 5.32 Å². The van der Waals surface area contributed by atoms with Gasteiger partial charge in [0, 0.05) is 18.0 Å². The highest BCUT2D eigenvalue weighted by Gasteiger charge is 2.23. The molecule has 1 aromatic rings. The molecule has 2 rings (SSSR count). The second kappa shape index (κ2) is 8.33. The summed E-state index contributed by atoms with van der Waals surface area (Å²) in [5, 5.41) is 12.3. The molecule has 0 spiro atoms. The number of nitrogens with one attached hydrogen (secondary N) is 1. The zero-order valence-corrected chi connectivity index (χ0v) is 13.5. The van der Waals surface area contributed by atoms with Crippen LogP contribution in [-0.2, 0) is 14.3 Å². The van der Waals surface area contributed by atoms with Crippen molar-refractivity contribution in [1.82, 2.24) is 5.32 Å². The predicted molar refractivity (Wildman–Crippen MR) is 85.0 cm³/mol. The minimum atomic E-state index is -0.599. The van der Waals surface area contributed by atoms with Crippen molar-refractivity contribution < 1.29 is 29.0 Å². The fraction of sp³-hybridized carbons (Fsp3) is 0.471. The molecule has 0 unspecified atom stereocenters. The first-order chi connectivity index (χ1) is 11.5. The van der Waals surface area contributed by atoms with Gasteiger partial charge in [-0.05, 0) is 38.0 Å². The molecule has 7 heteroatoms. The number of hydrogen-bond acceptors (Lipinski definition) is 6. The fourth-order valence-corrected chi connectivity index (χ4v) is 2.03. The highest BCUT2D eigenvalue weighted by Crippen LogP contribution is 2.27. The molecule has 1 aliphatic carbocycles. The summed E-state index contributed by atoms with van der Waals surface area (Å²) < 4.78 is 10.0. The standard InChI is InChI=1S/C17H21NO6/c1-2-23-15-9-11(3-6-14(15)20)13(19)7-8-17(22)24-10-16(21)18-12-4-5-12/h3,6,9,12,20H,2,4-5,7-8,10H2,1H3,(H,18,21). The number of carbonyl (C=O) groups excluding carboxylic acids is 3. The summed E-state index contributed by atoms with van der Waals surface area (Å²) in [6, 6.07) is 4.50. The molecule has 1 aromatic carbocycles. The normalized spacial score (nSPS) is 13.2. The van der Waals surface area contributed by atoms with E-state index in [-0.39, 0.29) is 48.7 Å². The molecule has 7 nitrogen and oxygen atoms in total. The van der Waals surface area contributed by atoms with Crippen LogP contribution >= 0.6 is 0 Å². The molecule has 0 atom stereocenters. The molecule has 0 aromatic heterocycles. The lowest BCUT2D eigenvalue weighted by Crippen LogP contribution is -2.30. The summed E-state index contributed by atoms with van der Waals surface area (Å²) >= 11 is 0. The van der Waals surface area contributed by atoms with Crippen molar-refractivity contribution in [3.63, 3.8) is 0 Å². The molecule has 0 bridgehead atoms. The van der Waals surface area contributed by atoms with Gasteiger partial charge in [0.05, 0.1) is 13.0 Å². The number of ether oxygens (including phenoxy) is 2. The summed E-state index contributed by atoms with van der Waals surface area (Å²) in [7, 11) is 0. The van der Waals surface area contributed by atoms with Crippen LogP contribution in [0.25, 0.3) is 0 Å². The number of phenols is 1. The number of ketones is 1. The molecule has 0 aliphatic heterocycles. The van der Waals surface area contributed by atoms with E-state index < -0.39 is 5.97 Å². The highest BCUT2D eigenvalue weighted by molar-refractivity contribution is 5.98. The van der Waals surface area contributed by atoms with Gasteiger partial charge in [0.1, 0.15) is 0 Å². The predicted octanol–water partition coefficient (Wildman–Crippen LogP) is 1.58. The number of rotatable bonds is 9. The Morgan fingerprint density at radius 1 is 1.25 bits per heavy atom. The van der Waals surface area contributed by atoms with Crippen LogP contribution in [0.2, 0.25) is 0 Å². The van der Waals surface area contributed by atoms with Gasteiger partial charge < -0.3 is 19.9 Å². The molecule has 0 radical (unpaired) electrons. The molecular formula is C17H21NO6. The van der Waals surface area contributed by atoms with Crippen LogP contribution in [0.3, 0.4) is 0 Å². The van der Waals surface area contributed by atoms with Gasteiger partial charge in [-0.3, -0.25) is 14.4 Å². The molecule has 24 heavy (non-hydrogen) atoms. The van der Waals surface area contributed by atoms with Gasteiger partial charge in [0.15, 0.2) is 23.9 Å². The number of aromatic hydroxyl groups is 1. The molecule has 1 aliphatic rings. The van der Waals surface area contributed by atoms with E-state index in [1.165, 1.54) is 18.2 Å². The molecule has 0 heterocycles. The van der Waals surface area contributed by atoms with Crippen LogP contribution in [-0.4, -0.2) is 42.0 Å². The van der Waals surface area contributed by atoms with Crippen LogP contribution in [0.4, 0.5) is 0 Å². The zero-order valence-electron chi connectivity index (χ0n) is 13.5. The summed E-state index contributed by atoms with van der Waals surface area (Å²) in [5.74, 6) is -1.01.